The lowest BCUT2D eigenvalue weighted by Crippen LogP contribution is -2.51. The van der Waals surface area contributed by atoms with E-state index in [4.69, 9.17) is 11.6 Å². The van der Waals surface area contributed by atoms with Crippen LogP contribution in [0.2, 0.25) is 5.02 Å². The van der Waals surface area contributed by atoms with Gasteiger partial charge in [-0.2, -0.15) is 5.10 Å². The van der Waals surface area contributed by atoms with Crippen molar-refractivity contribution in [2.75, 3.05) is 5.32 Å². The van der Waals surface area contributed by atoms with Crippen molar-refractivity contribution in [1.82, 2.24) is 25.1 Å². The number of pyridine rings is 1. The van der Waals surface area contributed by atoms with Crippen molar-refractivity contribution in [2.45, 2.75) is 31.7 Å². The molecule has 0 saturated heterocycles. The molecule has 3 N–H and O–H groups in total. The Kier molecular flexibility index (Phi) is 4.34. The zero-order valence-corrected chi connectivity index (χ0v) is 16.0. The van der Waals surface area contributed by atoms with Crippen LogP contribution in [0.3, 0.4) is 0 Å². The van der Waals surface area contributed by atoms with Crippen molar-refractivity contribution in [3.63, 3.8) is 0 Å². The molecule has 1 unspecified atom stereocenters. The van der Waals surface area contributed by atoms with Crippen LogP contribution < -0.4 is 5.32 Å². The lowest BCUT2D eigenvalue weighted by Gasteiger charge is -2.47. The van der Waals surface area contributed by atoms with E-state index in [1.807, 2.05) is 0 Å². The van der Waals surface area contributed by atoms with Crippen molar-refractivity contribution in [1.29, 1.82) is 0 Å². The van der Waals surface area contributed by atoms with Crippen molar-refractivity contribution < 1.29 is 14.3 Å². The van der Waals surface area contributed by atoms with Crippen molar-refractivity contribution in [2.24, 2.45) is 17.8 Å². The summed E-state index contributed by atoms with van der Waals surface area (Å²) in [6.45, 7) is 0. The molecule has 2 bridgehead atoms. The van der Waals surface area contributed by atoms with Gasteiger partial charge in [0.2, 0.25) is 0 Å². The maximum atomic E-state index is 14.5. The molecule has 6 rings (SSSR count). The minimum atomic E-state index is -0.841. The summed E-state index contributed by atoms with van der Waals surface area (Å²) in [7, 11) is 0. The Morgan fingerprint density at radius 3 is 2.72 bits per heavy atom. The first-order valence-corrected chi connectivity index (χ1v) is 9.91. The molecule has 3 aromatic rings. The molecular weight excluding hydrogens is 399 g/mol. The van der Waals surface area contributed by atoms with Crippen molar-refractivity contribution >= 4 is 34.4 Å². The highest BCUT2D eigenvalue weighted by Crippen LogP contribution is 2.46. The topological polar surface area (TPSA) is 117 Å². The fourth-order valence-electron chi connectivity index (χ4n) is 4.80. The first-order valence-electron chi connectivity index (χ1n) is 9.53. The van der Waals surface area contributed by atoms with Crippen LogP contribution in [0, 0.1) is 23.6 Å². The molecule has 0 spiro atoms. The summed E-state index contributed by atoms with van der Waals surface area (Å²) in [6, 6.07) is 1.33. The van der Waals surface area contributed by atoms with E-state index in [0.29, 0.717) is 21.7 Å². The standard InChI is InChI=1S/C19H18ClFN6O2/c20-10-5-11-15(26-27-16(11)22-6-10)18-23-7-12(21)17(25-18)24-14-9-3-1-8(2-4-9)13(14)19(28)29/h5-9,13-14H,1-4H2,(H,28,29)(H,22,26,27)(H,23,24,25)/t8?,9?,13?,14-/m1/s1. The number of carboxylic acid groups (broad SMARTS) is 1. The third-order valence-corrected chi connectivity index (χ3v) is 6.36. The number of aromatic nitrogens is 5. The summed E-state index contributed by atoms with van der Waals surface area (Å²) in [5.74, 6) is -1.48. The lowest BCUT2D eigenvalue weighted by molar-refractivity contribution is -0.148. The van der Waals surface area contributed by atoms with Gasteiger partial charge in [-0.05, 0) is 43.6 Å². The average Bonchev–Trinajstić information content (AvgIpc) is 3.13. The van der Waals surface area contributed by atoms with E-state index >= 15 is 0 Å². The number of anilines is 1. The normalized spacial score (nSPS) is 26.0. The predicted molar refractivity (Wildman–Crippen MR) is 104 cm³/mol. The summed E-state index contributed by atoms with van der Waals surface area (Å²) >= 11 is 6.03. The number of nitrogens with one attached hydrogen (secondary N) is 2. The second kappa shape index (κ2) is 6.91. The maximum Gasteiger partial charge on any atom is 0.308 e. The number of rotatable bonds is 4. The second-order valence-corrected chi connectivity index (χ2v) is 8.16. The molecule has 3 saturated carbocycles. The third kappa shape index (κ3) is 3.09. The molecular formula is C19H18ClFN6O2. The van der Waals surface area contributed by atoms with Gasteiger partial charge < -0.3 is 10.4 Å². The summed E-state index contributed by atoms with van der Waals surface area (Å²) in [5.41, 5.74) is 0.917. The van der Waals surface area contributed by atoms with Crippen molar-refractivity contribution in [3.8, 4) is 11.5 Å². The monoisotopic (exact) mass is 416 g/mol. The molecule has 0 amide bonds. The summed E-state index contributed by atoms with van der Waals surface area (Å²) < 4.78 is 14.5. The van der Waals surface area contributed by atoms with Gasteiger partial charge in [-0.25, -0.2) is 19.3 Å². The molecule has 3 aliphatic carbocycles. The van der Waals surface area contributed by atoms with Crippen LogP contribution in [0.5, 0.6) is 0 Å². The Morgan fingerprint density at radius 1 is 1.21 bits per heavy atom. The van der Waals surface area contributed by atoms with Gasteiger partial charge >= 0.3 is 5.97 Å². The van der Waals surface area contributed by atoms with Gasteiger partial charge in [0, 0.05) is 12.2 Å². The highest BCUT2D eigenvalue weighted by molar-refractivity contribution is 6.31. The molecule has 3 aromatic heterocycles. The molecule has 150 valence electrons. The SMILES string of the molecule is O=C(O)C1C2CCC(CC2)[C@H]1Nc1nc(-c2[nH]nc3ncc(Cl)cc23)ncc1F. The van der Waals surface area contributed by atoms with Crippen LogP contribution in [0.15, 0.2) is 18.5 Å². The fourth-order valence-corrected chi connectivity index (χ4v) is 4.96. The number of hydrogen-bond donors (Lipinski definition) is 3. The van der Waals surface area contributed by atoms with Gasteiger partial charge in [-0.15, -0.1) is 0 Å². The Bertz CT molecular complexity index is 1100. The van der Waals surface area contributed by atoms with E-state index in [-0.39, 0.29) is 29.5 Å². The fraction of sp³-hybridized carbons (Fsp3) is 0.421. The van der Waals surface area contributed by atoms with Gasteiger partial charge in [-0.1, -0.05) is 11.6 Å². The van der Waals surface area contributed by atoms with Gasteiger partial charge in [0.25, 0.3) is 0 Å². The van der Waals surface area contributed by atoms with E-state index in [9.17, 15) is 14.3 Å². The Labute approximate surface area is 169 Å². The van der Waals surface area contributed by atoms with Gasteiger partial charge in [-0.3, -0.25) is 9.89 Å². The van der Waals surface area contributed by atoms with Crippen LogP contribution in [0.4, 0.5) is 10.2 Å². The summed E-state index contributed by atoms with van der Waals surface area (Å²) in [4.78, 5) is 24.4. The number of fused-ring (bicyclic) bond motifs is 4. The summed E-state index contributed by atoms with van der Waals surface area (Å²) in [6.07, 6.45) is 6.27. The third-order valence-electron chi connectivity index (χ3n) is 6.15. The number of carbonyl (C=O) groups is 1. The van der Waals surface area contributed by atoms with E-state index in [1.165, 1.54) is 6.20 Å². The molecule has 0 aliphatic heterocycles. The van der Waals surface area contributed by atoms with E-state index < -0.39 is 17.7 Å². The molecule has 3 fully saturated rings. The number of carboxylic acids is 1. The number of aliphatic carboxylic acids is 1. The smallest absolute Gasteiger partial charge is 0.308 e. The molecule has 2 atom stereocenters. The number of halogens is 2. The van der Waals surface area contributed by atoms with Crippen LogP contribution >= 0.6 is 11.6 Å². The number of nitrogens with zero attached hydrogens (tertiary/aromatic N) is 4. The first-order chi connectivity index (χ1) is 14.0. The van der Waals surface area contributed by atoms with E-state index in [1.54, 1.807) is 6.07 Å². The molecule has 8 nitrogen and oxygen atoms in total. The minimum Gasteiger partial charge on any atom is -0.481 e. The largest absolute Gasteiger partial charge is 0.481 e. The van der Waals surface area contributed by atoms with Crippen molar-refractivity contribution in [3.05, 3.63) is 29.3 Å². The quantitative estimate of drug-likeness (QED) is 0.595. The number of H-pyrrole nitrogens is 1. The molecule has 10 heteroatoms. The maximum absolute atomic E-state index is 14.5. The average molecular weight is 417 g/mol. The van der Waals surface area contributed by atoms with Crippen LogP contribution in [0.25, 0.3) is 22.6 Å². The zero-order chi connectivity index (χ0) is 20.1. The highest BCUT2D eigenvalue weighted by atomic mass is 35.5. The van der Waals surface area contributed by atoms with Crippen LogP contribution in [-0.4, -0.2) is 42.3 Å². The number of hydrogen-bond acceptors (Lipinski definition) is 6. The number of aromatic amines is 1. The van der Waals surface area contributed by atoms with Gasteiger partial charge in [0.15, 0.2) is 23.1 Å². The highest BCUT2D eigenvalue weighted by Gasteiger charge is 2.47. The molecule has 29 heavy (non-hydrogen) atoms. The zero-order valence-electron chi connectivity index (χ0n) is 15.3. The molecule has 0 radical (unpaired) electrons. The first kappa shape index (κ1) is 18.2. The molecule has 0 aromatic carbocycles. The Balaban J connectivity index is 1.51. The Morgan fingerprint density at radius 2 is 1.97 bits per heavy atom. The van der Waals surface area contributed by atoms with E-state index in [2.05, 4.69) is 30.5 Å². The van der Waals surface area contributed by atoms with Gasteiger partial charge in [0.1, 0.15) is 5.69 Å². The van der Waals surface area contributed by atoms with Gasteiger partial charge in [0.05, 0.1) is 22.5 Å². The summed E-state index contributed by atoms with van der Waals surface area (Å²) in [5, 5.41) is 20.8. The minimum absolute atomic E-state index is 0.00321. The lowest BCUT2D eigenvalue weighted by atomic mass is 9.61. The van der Waals surface area contributed by atoms with Crippen LogP contribution in [0.1, 0.15) is 25.7 Å². The second-order valence-electron chi connectivity index (χ2n) is 7.72. The predicted octanol–water partition coefficient (Wildman–Crippen LogP) is 3.51. The Hall–Kier alpha value is -2.81. The van der Waals surface area contributed by atoms with Crippen LogP contribution in [-0.2, 0) is 4.79 Å². The molecule has 3 heterocycles. The molecule has 3 aliphatic rings. The van der Waals surface area contributed by atoms with E-state index in [0.717, 1.165) is 31.9 Å².